The van der Waals surface area contributed by atoms with Crippen LogP contribution in [0.2, 0.25) is 0 Å². The minimum Gasteiger partial charge on any atom is -0.371 e. The predicted octanol–water partition coefficient (Wildman–Crippen LogP) is 2.74. The molecule has 1 aromatic carbocycles. The van der Waals surface area contributed by atoms with Gasteiger partial charge in [0.05, 0.1) is 40.8 Å². The van der Waals surface area contributed by atoms with E-state index in [0.29, 0.717) is 30.0 Å². The standard InChI is InChI=1S/C30H25F3N6O4/c31-30(32,33)22-9-19-18(24-25(28(41)36-27(24)40)21-11-35-23-3-1-2-8-38(21)23)7-4-15-10-34-20(14-39(22)26(15)19)29(42)37-12-16-5-6-17(13-37)43-16/h1-4,7-9,11,16-17,20,34H,5-6,10,12-14H2,(H,36,40,41). The van der Waals surface area contributed by atoms with Gasteiger partial charge in [-0.25, -0.2) is 4.98 Å². The van der Waals surface area contributed by atoms with Gasteiger partial charge < -0.3 is 19.5 Å². The molecule has 0 radical (unpaired) electrons. The van der Waals surface area contributed by atoms with E-state index in [1.54, 1.807) is 45.8 Å². The van der Waals surface area contributed by atoms with Gasteiger partial charge >= 0.3 is 6.18 Å². The SMILES string of the molecule is O=C1NC(=O)C(c2cnc3ccccn23)=C1c1ccc2c3c1cc(C(F)(F)F)n3CC(C(=O)N1CC3CCC(C1)O3)NC2. The minimum absolute atomic E-state index is 0.0262. The molecule has 0 spiro atoms. The van der Waals surface area contributed by atoms with Crippen molar-refractivity contribution in [1.29, 1.82) is 0 Å². The van der Waals surface area contributed by atoms with E-state index in [-0.39, 0.29) is 58.8 Å². The number of rotatable bonds is 3. The molecule has 4 aliphatic rings. The van der Waals surface area contributed by atoms with Crippen LogP contribution in [0.1, 0.15) is 35.4 Å². The van der Waals surface area contributed by atoms with Gasteiger partial charge in [0.25, 0.3) is 11.8 Å². The monoisotopic (exact) mass is 590 g/mol. The van der Waals surface area contributed by atoms with E-state index in [2.05, 4.69) is 15.6 Å². The van der Waals surface area contributed by atoms with Crippen LogP contribution in [0.4, 0.5) is 13.2 Å². The molecule has 8 rings (SSSR count). The van der Waals surface area contributed by atoms with Crippen LogP contribution < -0.4 is 10.6 Å². The average molecular weight is 591 g/mol. The first-order valence-electron chi connectivity index (χ1n) is 14.1. The van der Waals surface area contributed by atoms with Gasteiger partial charge in [0, 0.05) is 37.8 Å². The molecule has 0 saturated carbocycles. The first-order valence-corrected chi connectivity index (χ1v) is 14.1. The molecule has 4 aromatic rings. The summed E-state index contributed by atoms with van der Waals surface area (Å²) in [7, 11) is 0. The van der Waals surface area contributed by atoms with E-state index in [1.165, 1.54) is 6.20 Å². The molecule has 2 N–H and O–H groups in total. The number of ether oxygens (including phenoxy) is 1. The zero-order valence-corrected chi connectivity index (χ0v) is 22.6. The summed E-state index contributed by atoms with van der Waals surface area (Å²) in [6, 6.07) is 8.61. The highest BCUT2D eigenvalue weighted by molar-refractivity contribution is 6.49. The van der Waals surface area contributed by atoms with Gasteiger partial charge in [-0.3, -0.25) is 24.1 Å². The fraction of sp³-hybridized carbons (Fsp3) is 0.333. The summed E-state index contributed by atoms with van der Waals surface area (Å²) in [5.74, 6) is -1.62. The van der Waals surface area contributed by atoms with Gasteiger partial charge in [-0.05, 0) is 42.2 Å². The Labute approximate surface area is 242 Å². The molecular weight excluding hydrogens is 565 g/mol. The van der Waals surface area contributed by atoms with Crippen molar-refractivity contribution >= 4 is 45.4 Å². The topological polar surface area (TPSA) is 110 Å². The number of pyridine rings is 1. The number of fused-ring (bicyclic) bond motifs is 3. The van der Waals surface area contributed by atoms with Crippen LogP contribution >= 0.6 is 0 Å². The highest BCUT2D eigenvalue weighted by Gasteiger charge is 2.42. The first-order chi connectivity index (χ1) is 20.7. The number of benzene rings is 1. The number of imidazole rings is 1. The Bertz CT molecular complexity index is 1890. The summed E-state index contributed by atoms with van der Waals surface area (Å²) < 4.78 is 52.3. The number of carbonyl (C=O) groups is 3. The molecule has 13 heteroatoms. The zero-order valence-electron chi connectivity index (χ0n) is 22.6. The molecule has 0 aliphatic carbocycles. The van der Waals surface area contributed by atoms with E-state index in [9.17, 15) is 27.6 Å². The third-order valence-corrected chi connectivity index (χ3v) is 8.86. The summed E-state index contributed by atoms with van der Waals surface area (Å²) in [6.07, 6.45) is 0.0463. The van der Waals surface area contributed by atoms with Crippen LogP contribution in [0.15, 0.2) is 48.8 Å². The second-order valence-corrected chi connectivity index (χ2v) is 11.4. The van der Waals surface area contributed by atoms with Crippen molar-refractivity contribution in [2.24, 2.45) is 0 Å². The molecule has 2 saturated heterocycles. The Morgan fingerprint density at radius 1 is 1.00 bits per heavy atom. The van der Waals surface area contributed by atoms with Crippen LogP contribution in [-0.4, -0.2) is 67.9 Å². The number of morpholine rings is 1. The second kappa shape index (κ2) is 9.25. The third kappa shape index (κ3) is 4.02. The summed E-state index contributed by atoms with van der Waals surface area (Å²) in [5.41, 5.74) is 0.980. The van der Waals surface area contributed by atoms with Crippen molar-refractivity contribution in [1.82, 2.24) is 29.5 Å². The van der Waals surface area contributed by atoms with Crippen molar-refractivity contribution < 1.29 is 32.3 Å². The predicted molar refractivity (Wildman–Crippen MR) is 147 cm³/mol. The molecule has 3 amide bonds. The Kier molecular flexibility index (Phi) is 5.63. The number of nitrogens with zero attached hydrogens (tertiary/aromatic N) is 4. The molecule has 10 nitrogen and oxygen atoms in total. The lowest BCUT2D eigenvalue weighted by Crippen LogP contribution is -2.53. The molecule has 3 atom stereocenters. The van der Waals surface area contributed by atoms with Gasteiger partial charge in [0.15, 0.2) is 0 Å². The quantitative estimate of drug-likeness (QED) is 0.356. The smallest absolute Gasteiger partial charge is 0.371 e. The molecule has 2 bridgehead atoms. The summed E-state index contributed by atoms with van der Waals surface area (Å²) in [4.78, 5) is 46.0. The largest absolute Gasteiger partial charge is 0.431 e. The lowest BCUT2D eigenvalue weighted by atomic mass is 9.95. The van der Waals surface area contributed by atoms with Crippen LogP contribution in [-0.2, 0) is 38.4 Å². The van der Waals surface area contributed by atoms with E-state index in [4.69, 9.17) is 4.74 Å². The molecule has 4 aliphatic heterocycles. The fourth-order valence-electron chi connectivity index (χ4n) is 6.97. The number of carbonyl (C=O) groups excluding carboxylic acids is 3. The van der Waals surface area contributed by atoms with E-state index < -0.39 is 29.7 Å². The van der Waals surface area contributed by atoms with Gasteiger partial charge in [-0.1, -0.05) is 18.2 Å². The fourth-order valence-corrected chi connectivity index (χ4v) is 6.97. The van der Waals surface area contributed by atoms with Crippen molar-refractivity contribution in [2.75, 3.05) is 13.1 Å². The van der Waals surface area contributed by atoms with Gasteiger partial charge in [0.1, 0.15) is 17.4 Å². The number of likely N-dealkylation sites (tertiary alicyclic amines) is 1. The third-order valence-electron chi connectivity index (χ3n) is 8.86. The number of aromatic nitrogens is 3. The molecule has 43 heavy (non-hydrogen) atoms. The van der Waals surface area contributed by atoms with Crippen molar-refractivity contribution in [2.45, 2.75) is 50.4 Å². The first kappa shape index (κ1) is 26.2. The Morgan fingerprint density at radius 3 is 2.53 bits per heavy atom. The normalized spacial score (nSPS) is 23.9. The summed E-state index contributed by atoms with van der Waals surface area (Å²) in [5, 5.41) is 5.67. The Balaban J connectivity index is 1.28. The van der Waals surface area contributed by atoms with Crippen molar-refractivity contribution in [3.8, 4) is 0 Å². The lowest BCUT2D eigenvalue weighted by molar-refractivity contribution is -0.146. The van der Waals surface area contributed by atoms with Gasteiger partial charge in [0.2, 0.25) is 5.91 Å². The van der Waals surface area contributed by atoms with Crippen LogP contribution in [0.5, 0.6) is 0 Å². The molecular formula is C30H25F3N6O4. The second-order valence-electron chi connectivity index (χ2n) is 11.4. The van der Waals surface area contributed by atoms with Crippen LogP contribution in [0.25, 0.3) is 27.7 Å². The number of imide groups is 1. The van der Waals surface area contributed by atoms with Gasteiger partial charge in [-0.2, -0.15) is 13.2 Å². The van der Waals surface area contributed by atoms with Crippen LogP contribution in [0, 0.1) is 0 Å². The maximum absolute atomic E-state index is 14.6. The minimum atomic E-state index is -4.74. The number of nitrogens with one attached hydrogen (secondary N) is 2. The molecule has 2 fully saturated rings. The number of halogens is 3. The number of hydrogen-bond acceptors (Lipinski definition) is 6. The summed E-state index contributed by atoms with van der Waals surface area (Å²) >= 11 is 0. The number of hydrogen-bond donors (Lipinski definition) is 2. The molecule has 7 heterocycles. The highest BCUT2D eigenvalue weighted by atomic mass is 19.4. The van der Waals surface area contributed by atoms with Gasteiger partial charge in [-0.15, -0.1) is 0 Å². The van der Waals surface area contributed by atoms with Crippen LogP contribution in [0.3, 0.4) is 0 Å². The molecule has 3 unspecified atom stereocenters. The maximum Gasteiger partial charge on any atom is 0.431 e. The number of amides is 3. The molecule has 220 valence electrons. The summed E-state index contributed by atoms with van der Waals surface area (Å²) in [6.45, 7) is 0.739. The lowest BCUT2D eigenvalue weighted by Gasteiger charge is -2.34. The highest BCUT2D eigenvalue weighted by Crippen LogP contribution is 2.42. The Hall–Kier alpha value is -4.49. The van der Waals surface area contributed by atoms with E-state index >= 15 is 0 Å². The number of alkyl halides is 3. The van der Waals surface area contributed by atoms with E-state index in [1.807, 2.05) is 0 Å². The maximum atomic E-state index is 14.6. The zero-order chi connectivity index (χ0) is 29.6. The Morgan fingerprint density at radius 2 is 1.77 bits per heavy atom. The van der Waals surface area contributed by atoms with Crippen molar-refractivity contribution in [3.05, 3.63) is 71.3 Å². The average Bonchev–Trinajstić information content (AvgIpc) is 3.70. The van der Waals surface area contributed by atoms with Crippen molar-refractivity contribution in [3.63, 3.8) is 0 Å². The molecule has 3 aromatic heterocycles. The van der Waals surface area contributed by atoms with E-state index in [0.717, 1.165) is 23.5 Å².